The molecule has 2 heterocycles. The summed E-state index contributed by atoms with van der Waals surface area (Å²) in [6.45, 7) is 0.433. The summed E-state index contributed by atoms with van der Waals surface area (Å²) in [4.78, 5) is 14.9. The van der Waals surface area contributed by atoms with Crippen molar-refractivity contribution < 1.29 is 23.0 Å². The van der Waals surface area contributed by atoms with Crippen molar-refractivity contribution in [3.05, 3.63) is 22.2 Å². The third kappa shape index (κ3) is 2.08. The summed E-state index contributed by atoms with van der Waals surface area (Å²) < 4.78 is 45.9. The number of hydrogen-bond donors (Lipinski definition) is 2. The average Bonchev–Trinajstić information content (AvgIpc) is 2.56. The Hall–Kier alpha value is -1.61. The van der Waals surface area contributed by atoms with Crippen molar-refractivity contribution in [1.29, 1.82) is 0 Å². The Bertz CT molecular complexity index is 549. The first-order valence-corrected chi connectivity index (χ1v) is 5.42. The molecule has 19 heavy (non-hydrogen) atoms. The number of anilines is 1. The largest absolute Gasteiger partial charge is 0.393 e. The molecular formula is C10H12F3N3O3. The van der Waals surface area contributed by atoms with E-state index < -0.39 is 36.7 Å². The van der Waals surface area contributed by atoms with E-state index in [0.717, 1.165) is 6.20 Å². The minimum atomic E-state index is -3.88. The summed E-state index contributed by atoms with van der Waals surface area (Å²) in [6, 6.07) is 0. The molecule has 6 nitrogen and oxygen atoms in total. The van der Waals surface area contributed by atoms with E-state index >= 15 is 0 Å². The maximum Gasteiger partial charge on any atom is 0.351 e. The number of aryl methyl sites for hydroxylation is 1. The molecule has 1 aliphatic heterocycles. The Morgan fingerprint density at radius 3 is 2.79 bits per heavy atom. The topological polar surface area (TPSA) is 90.4 Å². The number of aromatic nitrogens is 2. The third-order valence-electron chi connectivity index (χ3n) is 2.96. The predicted octanol–water partition coefficient (Wildman–Crippen LogP) is -0.00298. The van der Waals surface area contributed by atoms with Gasteiger partial charge in [-0.05, 0) is 6.92 Å². The normalized spacial score (nSPS) is 29.6. The number of nitrogens with two attached hydrogens (primary N) is 1. The Morgan fingerprint density at radius 1 is 1.63 bits per heavy atom. The monoisotopic (exact) mass is 279 g/mol. The first kappa shape index (κ1) is 13.8. The van der Waals surface area contributed by atoms with Crippen molar-refractivity contribution >= 4 is 5.82 Å². The van der Waals surface area contributed by atoms with Crippen molar-refractivity contribution in [2.45, 2.75) is 31.3 Å². The van der Waals surface area contributed by atoms with Crippen molar-refractivity contribution in [3.63, 3.8) is 0 Å². The lowest BCUT2D eigenvalue weighted by Gasteiger charge is -2.17. The van der Waals surface area contributed by atoms with Gasteiger partial charge < -0.3 is 15.6 Å². The lowest BCUT2D eigenvalue weighted by atomic mass is 10.1. The minimum Gasteiger partial charge on any atom is -0.393 e. The number of alkyl halides is 3. The van der Waals surface area contributed by atoms with E-state index in [1.165, 1.54) is 6.92 Å². The van der Waals surface area contributed by atoms with Crippen LogP contribution in [0.15, 0.2) is 11.0 Å². The molecule has 2 rings (SSSR count). The molecule has 0 amide bonds. The fourth-order valence-corrected chi connectivity index (χ4v) is 1.83. The number of aliphatic hydroxyl groups excluding tert-OH is 1. The van der Waals surface area contributed by atoms with Gasteiger partial charge in [-0.2, -0.15) is 4.98 Å². The van der Waals surface area contributed by atoms with E-state index in [4.69, 9.17) is 15.6 Å². The molecule has 3 unspecified atom stereocenters. The van der Waals surface area contributed by atoms with Crippen LogP contribution in [0.5, 0.6) is 0 Å². The highest BCUT2D eigenvalue weighted by Gasteiger charge is 2.60. The van der Waals surface area contributed by atoms with Crippen LogP contribution in [0, 0.1) is 6.92 Å². The molecule has 0 spiro atoms. The first-order valence-electron chi connectivity index (χ1n) is 5.42. The summed E-state index contributed by atoms with van der Waals surface area (Å²) in [7, 11) is 0. The molecule has 0 saturated carbocycles. The van der Waals surface area contributed by atoms with Gasteiger partial charge in [0.15, 0.2) is 6.23 Å². The lowest BCUT2D eigenvalue weighted by Crippen LogP contribution is -2.39. The Balaban J connectivity index is 2.44. The van der Waals surface area contributed by atoms with E-state index in [0.29, 0.717) is 10.1 Å². The van der Waals surface area contributed by atoms with Crippen molar-refractivity contribution in [2.75, 3.05) is 12.3 Å². The van der Waals surface area contributed by atoms with Crippen molar-refractivity contribution in [1.82, 2.24) is 9.55 Å². The summed E-state index contributed by atoms with van der Waals surface area (Å²) in [5.41, 5.74) is 4.71. The smallest absolute Gasteiger partial charge is 0.351 e. The number of nitrogen functional groups attached to an aromatic ring is 1. The number of hydrogen-bond acceptors (Lipinski definition) is 5. The zero-order valence-electron chi connectivity index (χ0n) is 9.89. The van der Waals surface area contributed by atoms with Crippen LogP contribution in [0.1, 0.15) is 11.8 Å². The van der Waals surface area contributed by atoms with E-state index in [1.807, 2.05) is 0 Å². The molecule has 0 aromatic carbocycles. The van der Waals surface area contributed by atoms with Crippen LogP contribution in [-0.4, -0.2) is 39.5 Å². The van der Waals surface area contributed by atoms with Gasteiger partial charge in [-0.25, -0.2) is 18.0 Å². The van der Waals surface area contributed by atoms with Gasteiger partial charge in [0, 0.05) is 11.8 Å². The van der Waals surface area contributed by atoms with Gasteiger partial charge in [-0.1, -0.05) is 0 Å². The highest BCUT2D eigenvalue weighted by atomic mass is 19.3. The van der Waals surface area contributed by atoms with Gasteiger partial charge in [0.25, 0.3) is 0 Å². The number of nitrogens with zero attached hydrogens (tertiary/aromatic N) is 2. The fourth-order valence-electron chi connectivity index (χ4n) is 1.83. The van der Waals surface area contributed by atoms with Gasteiger partial charge in [0.1, 0.15) is 11.9 Å². The average molecular weight is 279 g/mol. The van der Waals surface area contributed by atoms with E-state index in [-0.39, 0.29) is 5.82 Å². The standard InChI is InChI=1S/C10H12F3N3O3/c1-4-2-16(9(18)15-7(4)14)8-6(11)10(12,13)5(3-17)19-8/h2,5-6,8,17H,3H2,1H3,(H2,14,15,18). The molecule has 1 aromatic heterocycles. The summed E-state index contributed by atoms with van der Waals surface area (Å²) in [6.07, 6.45) is -5.51. The second-order valence-corrected chi connectivity index (χ2v) is 4.27. The molecule has 1 aromatic rings. The number of ether oxygens (including phenoxy) is 1. The van der Waals surface area contributed by atoms with Gasteiger partial charge >= 0.3 is 11.6 Å². The van der Waals surface area contributed by atoms with Gasteiger partial charge in [-0.3, -0.25) is 4.57 Å². The maximum atomic E-state index is 13.7. The number of halogens is 3. The zero-order valence-corrected chi connectivity index (χ0v) is 9.89. The van der Waals surface area contributed by atoms with Crippen molar-refractivity contribution in [2.24, 2.45) is 0 Å². The number of aliphatic hydroxyl groups is 1. The molecule has 1 fully saturated rings. The van der Waals surface area contributed by atoms with Gasteiger partial charge in [0.2, 0.25) is 6.17 Å². The molecule has 1 saturated heterocycles. The van der Waals surface area contributed by atoms with Crippen LogP contribution in [-0.2, 0) is 4.74 Å². The molecule has 1 aliphatic rings. The Labute approximate surface area is 105 Å². The van der Waals surface area contributed by atoms with Crippen molar-refractivity contribution in [3.8, 4) is 0 Å². The predicted molar refractivity (Wildman–Crippen MR) is 58.5 cm³/mol. The SMILES string of the molecule is Cc1cn(C2OC(CO)C(F)(F)C2F)c(=O)nc1N. The lowest BCUT2D eigenvalue weighted by molar-refractivity contribution is -0.111. The van der Waals surface area contributed by atoms with E-state index in [9.17, 15) is 18.0 Å². The van der Waals surface area contributed by atoms with Gasteiger partial charge in [0.05, 0.1) is 6.61 Å². The molecule has 0 radical (unpaired) electrons. The molecule has 0 aliphatic carbocycles. The van der Waals surface area contributed by atoms with Crippen LogP contribution >= 0.6 is 0 Å². The quantitative estimate of drug-likeness (QED) is 0.795. The zero-order chi connectivity index (χ0) is 14.4. The molecule has 3 atom stereocenters. The third-order valence-corrected chi connectivity index (χ3v) is 2.96. The van der Waals surface area contributed by atoms with E-state index in [2.05, 4.69) is 4.98 Å². The van der Waals surface area contributed by atoms with Crippen LogP contribution in [0.2, 0.25) is 0 Å². The fraction of sp³-hybridized carbons (Fsp3) is 0.600. The molecular weight excluding hydrogens is 267 g/mol. The summed E-state index contributed by atoms with van der Waals surface area (Å²) in [5.74, 6) is -3.95. The van der Waals surface area contributed by atoms with Crippen LogP contribution < -0.4 is 11.4 Å². The first-order chi connectivity index (χ1) is 8.78. The highest BCUT2D eigenvalue weighted by molar-refractivity contribution is 5.35. The number of rotatable bonds is 2. The summed E-state index contributed by atoms with van der Waals surface area (Å²) in [5, 5.41) is 8.76. The maximum absolute atomic E-state index is 13.7. The Morgan fingerprint density at radius 2 is 2.26 bits per heavy atom. The van der Waals surface area contributed by atoms with Gasteiger partial charge in [-0.15, -0.1) is 0 Å². The molecule has 9 heteroatoms. The Kier molecular flexibility index (Phi) is 3.27. The second kappa shape index (κ2) is 4.49. The van der Waals surface area contributed by atoms with Crippen LogP contribution in [0.25, 0.3) is 0 Å². The van der Waals surface area contributed by atoms with E-state index in [1.54, 1.807) is 0 Å². The second-order valence-electron chi connectivity index (χ2n) is 4.27. The highest BCUT2D eigenvalue weighted by Crippen LogP contribution is 2.42. The van der Waals surface area contributed by atoms with Crippen LogP contribution in [0.3, 0.4) is 0 Å². The molecule has 106 valence electrons. The summed E-state index contributed by atoms with van der Waals surface area (Å²) >= 11 is 0. The minimum absolute atomic E-state index is 0.0693. The molecule has 3 N–H and O–H groups in total. The van der Waals surface area contributed by atoms with Crippen LogP contribution in [0.4, 0.5) is 19.0 Å². The molecule has 0 bridgehead atoms.